The number of hydrogen-bond acceptors (Lipinski definition) is 15. The van der Waals surface area contributed by atoms with Crippen LogP contribution in [0.25, 0.3) is 0 Å². The molecule has 12 aromatic rings. The fraction of sp³-hybridized carbons (Fsp3) is 0.492. The van der Waals surface area contributed by atoms with Gasteiger partial charge in [-0.1, -0.05) is 428 Å². The number of benzene rings is 4. The molecule has 0 amide bonds. The summed E-state index contributed by atoms with van der Waals surface area (Å²) in [5.74, 6) is 1.63. The van der Waals surface area contributed by atoms with Gasteiger partial charge in [-0.15, -0.1) is 0 Å². The third kappa shape index (κ3) is 53.1. The molecule has 4 aromatic carbocycles. The molecule has 0 saturated carbocycles. The second kappa shape index (κ2) is 59.5. The molecule has 8 heterocycles. The maximum atomic E-state index is 11.4. The maximum absolute atomic E-state index is 11.4. The Morgan fingerprint density at radius 2 is 0.408 bits per heavy atom. The first-order valence-electron chi connectivity index (χ1n) is 52.5. The first-order valence-corrected chi connectivity index (χ1v) is 52.5. The average Bonchev–Trinajstić information content (AvgIpc) is 0.847. The summed E-state index contributed by atoms with van der Waals surface area (Å²) in [5.41, 5.74) is 26.8. The van der Waals surface area contributed by atoms with E-state index in [2.05, 4.69) is 434 Å². The van der Waals surface area contributed by atoms with Gasteiger partial charge in [0.1, 0.15) is 11.5 Å². The highest BCUT2D eigenvalue weighted by Gasteiger charge is 2.24. The van der Waals surface area contributed by atoms with Crippen molar-refractivity contribution in [2.24, 2.45) is 0 Å². The van der Waals surface area contributed by atoms with Crippen molar-refractivity contribution in [1.29, 1.82) is 0 Å². The van der Waals surface area contributed by atoms with E-state index < -0.39 is 0 Å². The van der Waals surface area contributed by atoms with Crippen LogP contribution < -0.4 is 0 Å². The zero-order valence-electron chi connectivity index (χ0n) is 100. The number of carbonyl (C=O) groups is 5. The number of Topliss-reactive ketones (excluding diaryl/α,β-unsaturated/α-hetero) is 5. The minimum Gasteiger partial charge on any atom is -0.294 e. The van der Waals surface area contributed by atoms with Crippen molar-refractivity contribution in [3.05, 3.63) is 367 Å². The number of aromatic nitrogens is 10. The van der Waals surface area contributed by atoms with Crippen LogP contribution >= 0.6 is 0 Å². The number of hydrogen-bond donors (Lipinski definition) is 0. The topological polar surface area (TPSA) is 214 Å². The normalized spacial score (nSPS) is 11.5. The lowest BCUT2D eigenvalue weighted by molar-refractivity contribution is 0.0971. The van der Waals surface area contributed by atoms with Gasteiger partial charge in [0.2, 0.25) is 0 Å². The Bertz CT molecular complexity index is 4870. The van der Waals surface area contributed by atoms with Gasteiger partial charge in [0.25, 0.3) is 0 Å². The smallest absolute Gasteiger partial charge is 0.199 e. The van der Waals surface area contributed by atoms with Gasteiger partial charge < -0.3 is 0 Å². The van der Waals surface area contributed by atoms with Crippen molar-refractivity contribution in [2.75, 3.05) is 0 Å². The van der Waals surface area contributed by atoms with Gasteiger partial charge in [-0.05, 0) is 190 Å². The molecule has 12 rings (SSSR count). The molecule has 0 aliphatic carbocycles. The fourth-order valence-corrected chi connectivity index (χ4v) is 12.6. The number of aryl methyl sites for hydroxylation is 7. The standard InChI is InChI=1S/C13H18O.2C12H17NO.2C11H16N2O.3C11H16.4C10H15N/c1-5-12(14)10-6-8-11(9-7-10)13(2,3)4;1-5-11(14)10-7-6-9(8-13-10)12(2,3)4;1-5-10(14)9-6-7-11(13-8-9)12(2,3)4;1-5-9(14)10-12-6-8(7-13-10)11(2,3)4;1-5-9(14)8-6-12-10(13-7-8)11(2,3)4;3*1-9-5-7-10(8-6-9)11(2,3)4;2*1-8-5-6-9(7-11-8)10(2,3)4;2*1-8-5-6-9(11-7-8)10(2,3)4/h6-9H,5H2,1-4H3;2*6-8H,5H2,1-4H3;2*6-7H,5H2,1-4H3;3*5-8H,1-4H3;4*5-7H,1-4H3. The Labute approximate surface area is 893 Å². The summed E-state index contributed by atoms with van der Waals surface area (Å²) in [5, 5.41) is 0. The van der Waals surface area contributed by atoms with Crippen LogP contribution in [0.3, 0.4) is 0 Å². The van der Waals surface area contributed by atoms with Crippen molar-refractivity contribution < 1.29 is 24.0 Å². The highest BCUT2D eigenvalue weighted by molar-refractivity contribution is 5.97. The molecular weight excluding hydrogens is 1810 g/mol. The first kappa shape index (κ1) is 133. The SMILES string of the molecule is CCC(=O)c1ccc(C(C)(C)C)cc1.CCC(=O)c1ccc(C(C)(C)C)cn1.CCC(=O)c1ccc(C(C)(C)C)nc1.CCC(=O)c1cnc(C(C)(C)C)nc1.CCC(=O)c1ncc(C(C)(C)C)cn1.Cc1ccc(C(C)(C)C)cc1.Cc1ccc(C(C)(C)C)cc1.Cc1ccc(C(C)(C)C)cc1.Cc1ccc(C(C)(C)C)cn1.Cc1ccc(C(C)(C)C)cn1.Cc1ccc(C(C)(C)C)nc1.Cc1ccc(C(C)(C)C)nc1. The van der Waals surface area contributed by atoms with Crippen LogP contribution in [0.15, 0.2) is 232 Å². The van der Waals surface area contributed by atoms with Crippen LogP contribution in [0.2, 0.25) is 0 Å². The van der Waals surface area contributed by atoms with Crippen molar-refractivity contribution in [2.45, 2.75) is 429 Å². The van der Waals surface area contributed by atoms with E-state index in [-0.39, 0.29) is 93.9 Å². The van der Waals surface area contributed by atoms with Gasteiger partial charge in [-0.2, -0.15) is 0 Å². The first-order chi connectivity index (χ1) is 67.2. The minimum atomic E-state index is -0.0617. The predicted molar refractivity (Wildman–Crippen MR) is 626 cm³/mol. The van der Waals surface area contributed by atoms with E-state index in [4.69, 9.17) is 0 Å². The summed E-state index contributed by atoms with van der Waals surface area (Å²) in [6.07, 6.45) is 20.5. The second-order valence-electron chi connectivity index (χ2n) is 50.3. The molecule has 15 heteroatoms. The Kier molecular flexibility index (Phi) is 53.9. The molecule has 800 valence electrons. The van der Waals surface area contributed by atoms with Gasteiger partial charge in [0.05, 0.1) is 5.56 Å². The summed E-state index contributed by atoms with van der Waals surface area (Å²) >= 11 is 0. The second-order valence-corrected chi connectivity index (χ2v) is 50.3. The molecule has 0 fully saturated rings. The van der Waals surface area contributed by atoms with Gasteiger partial charge in [0, 0.05) is 155 Å². The van der Waals surface area contributed by atoms with Crippen LogP contribution in [-0.4, -0.2) is 78.8 Å². The monoisotopic (exact) mass is 2000 g/mol. The van der Waals surface area contributed by atoms with Crippen molar-refractivity contribution in [3.63, 3.8) is 0 Å². The van der Waals surface area contributed by atoms with Crippen molar-refractivity contribution in [1.82, 2.24) is 49.8 Å². The summed E-state index contributed by atoms with van der Waals surface area (Å²) in [6.45, 7) is 102. The van der Waals surface area contributed by atoms with Crippen molar-refractivity contribution >= 4 is 28.9 Å². The molecule has 0 unspecified atom stereocenters. The zero-order valence-corrected chi connectivity index (χ0v) is 100. The molecule has 0 spiro atoms. The quantitative estimate of drug-likeness (QED) is 0.116. The lowest BCUT2D eigenvalue weighted by atomic mass is 9.86. The van der Waals surface area contributed by atoms with Crippen molar-refractivity contribution in [3.8, 4) is 0 Å². The molecule has 0 bridgehead atoms. The molecule has 0 aliphatic heterocycles. The van der Waals surface area contributed by atoms with E-state index in [0.717, 1.165) is 51.0 Å². The number of rotatable bonds is 10. The lowest BCUT2D eigenvalue weighted by Crippen LogP contribution is -2.16. The average molecular weight is 2000 g/mol. The van der Waals surface area contributed by atoms with Gasteiger partial charge in [-0.3, -0.25) is 53.9 Å². The highest BCUT2D eigenvalue weighted by atomic mass is 16.1. The summed E-state index contributed by atoms with van der Waals surface area (Å²) in [7, 11) is 0. The van der Waals surface area contributed by atoms with E-state index in [0.29, 0.717) is 54.7 Å². The number of nitrogens with zero attached hydrogens (tertiary/aromatic N) is 10. The Balaban J connectivity index is 0.000000803. The summed E-state index contributed by atoms with van der Waals surface area (Å²) in [6, 6.07) is 58.5. The molecule has 147 heavy (non-hydrogen) atoms. The Morgan fingerprint density at radius 1 is 0.177 bits per heavy atom. The van der Waals surface area contributed by atoms with E-state index in [9.17, 15) is 24.0 Å². The largest absolute Gasteiger partial charge is 0.294 e. The Hall–Kier alpha value is -11.7. The minimum absolute atomic E-state index is 0.00883. The molecule has 0 saturated heterocycles. The number of pyridine rings is 6. The van der Waals surface area contributed by atoms with E-state index in [1.165, 1.54) is 61.2 Å². The van der Waals surface area contributed by atoms with Crippen LogP contribution in [-0.2, 0) is 65.0 Å². The van der Waals surface area contributed by atoms with Crippen LogP contribution in [0.1, 0.15) is 475 Å². The molecule has 0 N–H and O–H groups in total. The van der Waals surface area contributed by atoms with Gasteiger partial charge in [0.15, 0.2) is 34.7 Å². The zero-order chi connectivity index (χ0) is 113. The third-order valence-electron chi connectivity index (χ3n) is 23.5. The fourth-order valence-electron chi connectivity index (χ4n) is 12.6. The van der Waals surface area contributed by atoms with Gasteiger partial charge >= 0.3 is 0 Å². The van der Waals surface area contributed by atoms with E-state index in [1.807, 2.05) is 143 Å². The maximum Gasteiger partial charge on any atom is 0.199 e. The molecule has 8 aromatic heterocycles. The summed E-state index contributed by atoms with van der Waals surface area (Å²) in [4.78, 5) is 98.7. The predicted octanol–water partition coefficient (Wildman–Crippen LogP) is 34.9. The summed E-state index contributed by atoms with van der Waals surface area (Å²) < 4.78 is 0. The Morgan fingerprint density at radius 3 is 0.639 bits per heavy atom. The van der Waals surface area contributed by atoms with Crippen LogP contribution in [0.4, 0.5) is 0 Å². The van der Waals surface area contributed by atoms with Crippen LogP contribution in [0, 0.1) is 48.5 Å². The lowest BCUT2D eigenvalue weighted by Gasteiger charge is -2.18. The van der Waals surface area contributed by atoms with E-state index >= 15 is 0 Å². The number of ketones is 5. The highest BCUT2D eigenvalue weighted by Crippen LogP contribution is 2.31. The van der Waals surface area contributed by atoms with E-state index in [1.54, 1.807) is 37.2 Å². The molecule has 15 nitrogen and oxygen atoms in total. The molecule has 0 radical (unpaired) electrons. The molecule has 0 aliphatic rings. The molecule has 0 atom stereocenters. The van der Waals surface area contributed by atoms with Crippen LogP contribution in [0.5, 0.6) is 0 Å². The number of carbonyl (C=O) groups excluding carboxylic acids is 5. The van der Waals surface area contributed by atoms with Gasteiger partial charge in [-0.25, -0.2) is 19.9 Å². The third-order valence-corrected chi connectivity index (χ3v) is 23.5. The molecular formula is C132H192N10O5.